The molecule has 10 nitrogen and oxygen atoms in total. The highest BCUT2D eigenvalue weighted by Crippen LogP contribution is 2.50. The van der Waals surface area contributed by atoms with Gasteiger partial charge in [0.1, 0.15) is 12.2 Å². The molecule has 1 aliphatic heterocycles. The van der Waals surface area contributed by atoms with Gasteiger partial charge in [0.05, 0.1) is 30.4 Å². The molecule has 3 N–H and O–H groups in total. The van der Waals surface area contributed by atoms with Gasteiger partial charge in [-0.3, -0.25) is 9.69 Å². The number of aromatic nitrogens is 3. The van der Waals surface area contributed by atoms with Gasteiger partial charge in [0, 0.05) is 12.1 Å². The van der Waals surface area contributed by atoms with Crippen LogP contribution in [0.1, 0.15) is 56.2 Å². The monoisotopic (exact) mass is 495 g/mol. The number of carbonyl (C=O) groups excluding carboxylic acids is 2. The zero-order chi connectivity index (χ0) is 25.6. The predicted molar refractivity (Wildman–Crippen MR) is 134 cm³/mol. The van der Waals surface area contributed by atoms with Crippen molar-refractivity contribution in [2.45, 2.75) is 74.7 Å². The fourth-order valence-electron chi connectivity index (χ4n) is 6.42. The fourth-order valence-corrected chi connectivity index (χ4v) is 6.42. The van der Waals surface area contributed by atoms with Gasteiger partial charge in [-0.1, -0.05) is 35.5 Å². The molecule has 2 aliphatic carbocycles. The molecule has 0 radical (unpaired) electrons. The minimum Gasteiger partial charge on any atom is -0.388 e. The van der Waals surface area contributed by atoms with Crippen LogP contribution in [-0.4, -0.2) is 85.1 Å². The van der Waals surface area contributed by atoms with Crippen LogP contribution in [-0.2, 0) is 23.4 Å². The summed E-state index contributed by atoms with van der Waals surface area (Å²) < 4.78 is 1.40. The third-order valence-corrected chi connectivity index (χ3v) is 8.73. The summed E-state index contributed by atoms with van der Waals surface area (Å²) in [6.45, 7) is 1.22. The largest absolute Gasteiger partial charge is 0.388 e. The van der Waals surface area contributed by atoms with E-state index in [1.165, 1.54) is 10.2 Å². The van der Waals surface area contributed by atoms with E-state index in [2.05, 4.69) is 53.6 Å². The lowest BCUT2D eigenvalue weighted by atomic mass is 9.67. The van der Waals surface area contributed by atoms with Crippen LogP contribution in [0, 0.1) is 0 Å². The number of carbonyl (C=O) groups is 2. The normalized spacial score (nSPS) is 27.6. The average molecular weight is 496 g/mol. The number of urea groups is 1. The lowest BCUT2D eigenvalue weighted by Crippen LogP contribution is -2.59. The first-order valence-electron chi connectivity index (χ1n) is 12.8. The maximum absolute atomic E-state index is 13.8. The molecule has 36 heavy (non-hydrogen) atoms. The first-order chi connectivity index (χ1) is 17.1. The van der Waals surface area contributed by atoms with Gasteiger partial charge in [-0.15, -0.1) is 5.10 Å². The van der Waals surface area contributed by atoms with Crippen LogP contribution in [0.3, 0.4) is 0 Å². The summed E-state index contributed by atoms with van der Waals surface area (Å²) in [6.07, 6.45) is 7.69. The number of aliphatic hydroxyl groups is 1. The summed E-state index contributed by atoms with van der Waals surface area (Å²) >= 11 is 0. The molecule has 3 amide bonds. The molecule has 0 unspecified atom stereocenters. The minimum atomic E-state index is -0.793. The number of nitrogens with zero attached hydrogens (tertiary/aromatic N) is 6. The number of primary amides is 1. The second kappa shape index (κ2) is 9.15. The van der Waals surface area contributed by atoms with E-state index in [9.17, 15) is 14.7 Å². The minimum absolute atomic E-state index is 0.0455. The van der Waals surface area contributed by atoms with Crippen molar-refractivity contribution in [2.75, 3.05) is 27.2 Å². The van der Waals surface area contributed by atoms with Gasteiger partial charge in [0.25, 0.3) is 0 Å². The quantitative estimate of drug-likeness (QED) is 0.575. The maximum Gasteiger partial charge on any atom is 0.321 e. The van der Waals surface area contributed by atoms with E-state index in [0.717, 1.165) is 44.9 Å². The van der Waals surface area contributed by atoms with E-state index in [-0.39, 0.29) is 23.7 Å². The van der Waals surface area contributed by atoms with Gasteiger partial charge in [-0.2, -0.15) is 0 Å². The molecule has 1 aromatic heterocycles. The molecule has 194 valence electrons. The summed E-state index contributed by atoms with van der Waals surface area (Å²) in [5.41, 5.74) is 5.98. The highest BCUT2D eigenvalue weighted by atomic mass is 16.3. The molecule has 2 heterocycles. The molecule has 3 fully saturated rings. The van der Waals surface area contributed by atoms with Crippen LogP contribution in [0.4, 0.5) is 4.79 Å². The molecular formula is C26H37N7O3. The Bertz CT molecular complexity index is 1100. The topological polar surface area (TPSA) is 121 Å². The van der Waals surface area contributed by atoms with E-state index in [0.29, 0.717) is 25.3 Å². The summed E-state index contributed by atoms with van der Waals surface area (Å²) in [5.74, 6) is -0.493. The Morgan fingerprint density at radius 1 is 1.11 bits per heavy atom. The van der Waals surface area contributed by atoms with Crippen molar-refractivity contribution in [3.05, 3.63) is 47.8 Å². The van der Waals surface area contributed by atoms with Crippen LogP contribution >= 0.6 is 0 Å². The molecule has 1 aromatic carbocycles. The van der Waals surface area contributed by atoms with Crippen LogP contribution < -0.4 is 5.73 Å². The average Bonchev–Trinajstić information content (AvgIpc) is 3.36. The maximum atomic E-state index is 13.8. The number of amides is 3. The van der Waals surface area contributed by atoms with E-state index >= 15 is 0 Å². The van der Waals surface area contributed by atoms with Crippen LogP contribution in [0.15, 0.2) is 36.5 Å². The molecule has 1 spiro atoms. The first-order valence-corrected chi connectivity index (χ1v) is 12.8. The Labute approximate surface area is 212 Å². The standard InChI is InChI=1S/C26H37N7O3/c1-30(2)26(20-7-4-3-5-8-20)13-11-24(12-14-26)18-31(15-21-16-32(29-28-21)17-22(27)34)23(35)33(24)19-25(36)9-6-10-25/h3-5,7-8,16,36H,6,9-15,17-19H2,1-2H3,(H2,27,34)/t24-,26-. The third kappa shape index (κ3) is 4.37. The Morgan fingerprint density at radius 3 is 2.39 bits per heavy atom. The van der Waals surface area contributed by atoms with Crippen molar-refractivity contribution in [1.29, 1.82) is 0 Å². The van der Waals surface area contributed by atoms with Crippen molar-refractivity contribution in [3.63, 3.8) is 0 Å². The first kappa shape index (κ1) is 24.7. The van der Waals surface area contributed by atoms with Crippen LogP contribution in [0.5, 0.6) is 0 Å². The Kier molecular flexibility index (Phi) is 6.28. The van der Waals surface area contributed by atoms with E-state index in [1.807, 2.05) is 15.9 Å². The number of β-amino-alcohol motifs (C(OH)–C–C–N with tert-alkyl or cyclic N) is 1. The van der Waals surface area contributed by atoms with Gasteiger partial charge < -0.3 is 20.6 Å². The van der Waals surface area contributed by atoms with E-state index in [4.69, 9.17) is 5.73 Å². The fraction of sp³-hybridized carbons (Fsp3) is 0.615. The van der Waals surface area contributed by atoms with Crippen molar-refractivity contribution in [1.82, 2.24) is 29.7 Å². The number of benzene rings is 1. The smallest absolute Gasteiger partial charge is 0.321 e. The zero-order valence-corrected chi connectivity index (χ0v) is 21.3. The molecule has 2 saturated carbocycles. The number of hydrogen-bond acceptors (Lipinski definition) is 6. The number of hydrogen-bond donors (Lipinski definition) is 2. The molecular weight excluding hydrogens is 458 g/mol. The molecule has 3 aliphatic rings. The van der Waals surface area contributed by atoms with Gasteiger partial charge in [-0.05, 0) is 64.6 Å². The molecule has 0 bridgehead atoms. The molecule has 10 heteroatoms. The van der Waals surface area contributed by atoms with Crippen molar-refractivity contribution in [3.8, 4) is 0 Å². The highest BCUT2D eigenvalue weighted by molar-refractivity contribution is 5.78. The van der Waals surface area contributed by atoms with Crippen molar-refractivity contribution in [2.24, 2.45) is 5.73 Å². The second-order valence-electron chi connectivity index (χ2n) is 11.2. The summed E-state index contributed by atoms with van der Waals surface area (Å²) in [7, 11) is 4.28. The lowest BCUT2D eigenvalue weighted by molar-refractivity contribution is -0.118. The van der Waals surface area contributed by atoms with Gasteiger partial charge in [-0.25, -0.2) is 9.48 Å². The highest BCUT2D eigenvalue weighted by Gasteiger charge is 2.56. The summed E-state index contributed by atoms with van der Waals surface area (Å²) in [4.78, 5) is 31.1. The molecule has 5 rings (SSSR count). The van der Waals surface area contributed by atoms with Gasteiger partial charge >= 0.3 is 6.03 Å². The summed E-state index contributed by atoms with van der Waals surface area (Å²) in [5, 5.41) is 19.2. The van der Waals surface area contributed by atoms with Crippen molar-refractivity contribution >= 4 is 11.9 Å². The van der Waals surface area contributed by atoms with Crippen molar-refractivity contribution < 1.29 is 14.7 Å². The molecule has 2 aromatic rings. The SMILES string of the molecule is CN(C)[C@]1(c2ccccc2)CC[C@@]2(CC1)CN(Cc1cn(CC(N)=O)nn1)C(=O)N2CC1(O)CCC1. The molecule has 0 atom stereocenters. The van der Waals surface area contributed by atoms with Crippen LogP contribution in [0.2, 0.25) is 0 Å². The Hall–Kier alpha value is -2.98. The Morgan fingerprint density at radius 2 is 1.81 bits per heavy atom. The van der Waals surface area contributed by atoms with Gasteiger partial charge in [0.15, 0.2) is 0 Å². The number of nitrogens with two attached hydrogens (primary N) is 1. The van der Waals surface area contributed by atoms with Crippen LogP contribution in [0.25, 0.3) is 0 Å². The van der Waals surface area contributed by atoms with E-state index in [1.54, 1.807) is 6.20 Å². The predicted octanol–water partition coefficient (Wildman–Crippen LogP) is 1.69. The lowest BCUT2D eigenvalue weighted by Gasteiger charge is -2.52. The summed E-state index contributed by atoms with van der Waals surface area (Å²) in [6, 6.07) is 10.6. The van der Waals surface area contributed by atoms with Gasteiger partial charge in [0.2, 0.25) is 5.91 Å². The Balaban J connectivity index is 1.39. The second-order valence-corrected chi connectivity index (χ2v) is 11.2. The zero-order valence-electron chi connectivity index (χ0n) is 21.3. The number of rotatable bonds is 8. The molecule has 1 saturated heterocycles. The van der Waals surface area contributed by atoms with E-state index < -0.39 is 11.5 Å². The third-order valence-electron chi connectivity index (χ3n) is 8.73.